The van der Waals surface area contributed by atoms with Crippen LogP contribution in [0, 0.1) is 12.8 Å². The minimum absolute atomic E-state index is 0.0181. The minimum atomic E-state index is -0.0181. The molecular formula is C21H23BrN2O. The highest BCUT2D eigenvalue weighted by molar-refractivity contribution is 9.10. The third kappa shape index (κ3) is 2.67. The number of nitrogens with zero attached hydrogens (tertiary/aromatic N) is 2. The number of hydrogen-bond acceptors (Lipinski definition) is 3. The number of ether oxygens (including phenoxy) is 1. The molecule has 0 spiro atoms. The fourth-order valence-corrected chi connectivity index (χ4v) is 5.00. The third-order valence-corrected chi connectivity index (χ3v) is 6.53. The first-order chi connectivity index (χ1) is 12.2. The topological polar surface area (TPSA) is 15.7 Å². The Balaban J connectivity index is 1.57. The van der Waals surface area contributed by atoms with Crippen LogP contribution in [-0.2, 0) is 0 Å². The van der Waals surface area contributed by atoms with Gasteiger partial charge < -0.3 is 14.5 Å². The van der Waals surface area contributed by atoms with Crippen LogP contribution in [0.5, 0.6) is 5.75 Å². The quantitative estimate of drug-likeness (QED) is 0.725. The molecule has 0 N–H and O–H groups in total. The van der Waals surface area contributed by atoms with Crippen LogP contribution in [0.1, 0.15) is 30.2 Å². The van der Waals surface area contributed by atoms with Gasteiger partial charge in [-0.05, 0) is 57.0 Å². The summed E-state index contributed by atoms with van der Waals surface area (Å²) < 4.78 is 7.54. The molecule has 2 bridgehead atoms. The van der Waals surface area contributed by atoms with Crippen LogP contribution in [0.15, 0.2) is 46.9 Å². The van der Waals surface area contributed by atoms with E-state index in [1.165, 1.54) is 42.7 Å². The van der Waals surface area contributed by atoms with Crippen molar-refractivity contribution < 1.29 is 4.74 Å². The Morgan fingerprint density at radius 1 is 1.04 bits per heavy atom. The number of fused-ring (bicyclic) bond motifs is 4. The Hall–Kier alpha value is -1.52. The summed E-state index contributed by atoms with van der Waals surface area (Å²) in [6.07, 6.45) is 2.61. The molecule has 2 unspecified atom stereocenters. The first-order valence-electron chi connectivity index (χ1n) is 9.22. The van der Waals surface area contributed by atoms with E-state index in [-0.39, 0.29) is 6.23 Å². The van der Waals surface area contributed by atoms with E-state index in [1.54, 1.807) is 0 Å². The molecule has 4 heterocycles. The highest BCUT2D eigenvalue weighted by atomic mass is 79.9. The van der Waals surface area contributed by atoms with Crippen molar-refractivity contribution in [1.82, 2.24) is 4.90 Å². The Kier molecular flexibility index (Phi) is 3.79. The molecular weight excluding hydrogens is 376 g/mol. The molecule has 3 saturated heterocycles. The van der Waals surface area contributed by atoms with Gasteiger partial charge in [-0.3, -0.25) is 0 Å². The second kappa shape index (κ2) is 6.03. The Morgan fingerprint density at radius 2 is 1.80 bits per heavy atom. The number of aryl methyl sites for hydroxylation is 1. The summed E-state index contributed by atoms with van der Waals surface area (Å²) in [6.45, 7) is 5.82. The van der Waals surface area contributed by atoms with E-state index in [1.807, 2.05) is 0 Å². The predicted molar refractivity (Wildman–Crippen MR) is 104 cm³/mol. The molecule has 4 heteroatoms. The van der Waals surface area contributed by atoms with Gasteiger partial charge in [-0.25, -0.2) is 0 Å². The number of hydrogen-bond donors (Lipinski definition) is 0. The minimum Gasteiger partial charge on any atom is -0.464 e. The number of anilines is 1. The van der Waals surface area contributed by atoms with Crippen molar-refractivity contribution in [2.45, 2.75) is 32.0 Å². The Morgan fingerprint density at radius 3 is 2.48 bits per heavy atom. The van der Waals surface area contributed by atoms with Crippen LogP contribution in [0.2, 0.25) is 0 Å². The summed E-state index contributed by atoms with van der Waals surface area (Å²) in [5, 5.41) is 0. The fourth-order valence-electron chi connectivity index (χ4n) is 4.66. The molecule has 0 aromatic heterocycles. The maximum Gasteiger partial charge on any atom is 0.199 e. The monoisotopic (exact) mass is 398 g/mol. The highest BCUT2D eigenvalue weighted by Crippen LogP contribution is 2.48. The van der Waals surface area contributed by atoms with Gasteiger partial charge in [0.2, 0.25) is 0 Å². The summed E-state index contributed by atoms with van der Waals surface area (Å²) in [6, 6.07) is 15.8. The summed E-state index contributed by atoms with van der Waals surface area (Å²) in [5.74, 6) is 1.77. The lowest BCUT2D eigenvalue weighted by Crippen LogP contribution is -2.57. The molecule has 3 fully saturated rings. The van der Waals surface area contributed by atoms with Gasteiger partial charge in [0.05, 0.1) is 5.69 Å². The van der Waals surface area contributed by atoms with Gasteiger partial charge in [0, 0.05) is 22.6 Å². The zero-order chi connectivity index (χ0) is 17.0. The van der Waals surface area contributed by atoms with Crippen molar-refractivity contribution >= 4 is 21.6 Å². The smallest absolute Gasteiger partial charge is 0.199 e. The molecule has 0 saturated carbocycles. The molecule has 0 amide bonds. The number of benzene rings is 2. The molecule has 2 aromatic carbocycles. The molecule has 3 nitrogen and oxygen atoms in total. The van der Waals surface area contributed by atoms with Gasteiger partial charge >= 0.3 is 0 Å². The number of piperidine rings is 3. The number of rotatable bonds is 2. The first-order valence-corrected chi connectivity index (χ1v) is 10.0. The molecule has 4 aliphatic heterocycles. The second-order valence-electron chi connectivity index (χ2n) is 7.61. The molecule has 2 aromatic rings. The number of halogens is 1. The standard InChI is InChI=1S/C21H23BrN2O/c1-14-2-4-16(5-3-14)21-24(18-7-6-17(22)12-20(18)25-21)19-13-23-10-8-15(19)9-11-23/h2-7,12,15,19,21H,8-11,13H2,1H3. The lowest BCUT2D eigenvalue weighted by atomic mass is 9.82. The lowest BCUT2D eigenvalue weighted by molar-refractivity contribution is 0.0699. The summed E-state index contributed by atoms with van der Waals surface area (Å²) in [5.41, 5.74) is 3.78. The van der Waals surface area contributed by atoms with E-state index in [0.29, 0.717) is 6.04 Å². The van der Waals surface area contributed by atoms with Crippen molar-refractivity contribution in [3.63, 3.8) is 0 Å². The van der Waals surface area contributed by atoms with E-state index in [9.17, 15) is 0 Å². The zero-order valence-corrected chi connectivity index (χ0v) is 16.1. The molecule has 0 aliphatic carbocycles. The molecule has 25 heavy (non-hydrogen) atoms. The van der Waals surface area contributed by atoms with Crippen molar-refractivity contribution in [2.24, 2.45) is 5.92 Å². The molecule has 2 atom stereocenters. The van der Waals surface area contributed by atoms with Gasteiger partial charge in [-0.15, -0.1) is 0 Å². The van der Waals surface area contributed by atoms with Crippen molar-refractivity contribution in [2.75, 3.05) is 24.5 Å². The molecule has 130 valence electrons. The van der Waals surface area contributed by atoms with Crippen molar-refractivity contribution in [1.29, 1.82) is 0 Å². The van der Waals surface area contributed by atoms with Gasteiger partial charge in [-0.1, -0.05) is 45.8 Å². The van der Waals surface area contributed by atoms with Crippen LogP contribution >= 0.6 is 15.9 Å². The lowest BCUT2D eigenvalue weighted by Gasteiger charge is -2.49. The largest absolute Gasteiger partial charge is 0.464 e. The summed E-state index contributed by atoms with van der Waals surface area (Å²) in [4.78, 5) is 5.18. The Bertz CT molecular complexity index is 783. The second-order valence-corrected chi connectivity index (χ2v) is 8.52. The van der Waals surface area contributed by atoms with Gasteiger partial charge in [-0.2, -0.15) is 0 Å². The predicted octanol–water partition coefficient (Wildman–Crippen LogP) is 4.75. The Labute approximate surface area is 157 Å². The zero-order valence-electron chi connectivity index (χ0n) is 14.5. The van der Waals surface area contributed by atoms with E-state index < -0.39 is 0 Å². The van der Waals surface area contributed by atoms with Gasteiger partial charge in [0.1, 0.15) is 5.75 Å². The van der Waals surface area contributed by atoms with Gasteiger partial charge in [0.25, 0.3) is 0 Å². The summed E-state index contributed by atoms with van der Waals surface area (Å²) >= 11 is 3.59. The molecule has 4 aliphatic rings. The average molecular weight is 399 g/mol. The van der Waals surface area contributed by atoms with Crippen LogP contribution in [0.4, 0.5) is 5.69 Å². The van der Waals surface area contributed by atoms with E-state index in [4.69, 9.17) is 4.74 Å². The third-order valence-electron chi connectivity index (χ3n) is 6.03. The maximum atomic E-state index is 6.46. The van der Waals surface area contributed by atoms with Crippen LogP contribution in [0.3, 0.4) is 0 Å². The molecule has 6 rings (SSSR count). The van der Waals surface area contributed by atoms with Crippen LogP contribution in [-0.4, -0.2) is 30.6 Å². The van der Waals surface area contributed by atoms with Crippen molar-refractivity contribution in [3.8, 4) is 5.75 Å². The van der Waals surface area contributed by atoms with E-state index in [2.05, 4.69) is 75.1 Å². The van der Waals surface area contributed by atoms with Gasteiger partial charge in [0.15, 0.2) is 6.23 Å². The molecule has 0 radical (unpaired) electrons. The maximum absolute atomic E-state index is 6.46. The first kappa shape index (κ1) is 15.7. The summed E-state index contributed by atoms with van der Waals surface area (Å²) in [7, 11) is 0. The fraction of sp³-hybridized carbons (Fsp3) is 0.429. The van der Waals surface area contributed by atoms with E-state index >= 15 is 0 Å². The van der Waals surface area contributed by atoms with Crippen LogP contribution < -0.4 is 9.64 Å². The van der Waals surface area contributed by atoms with Crippen LogP contribution in [0.25, 0.3) is 0 Å². The average Bonchev–Trinajstić information content (AvgIpc) is 3.01. The normalized spacial score (nSPS) is 30.2. The van der Waals surface area contributed by atoms with Crippen molar-refractivity contribution in [3.05, 3.63) is 58.1 Å². The van der Waals surface area contributed by atoms with E-state index in [0.717, 1.165) is 22.7 Å². The highest BCUT2D eigenvalue weighted by Gasteiger charge is 2.44. The SMILES string of the molecule is Cc1ccc(C2Oc3cc(Br)ccc3N2C2CN3CCC2CC3)cc1.